The van der Waals surface area contributed by atoms with Crippen molar-refractivity contribution in [2.45, 2.75) is 25.7 Å². The number of aromatic nitrogens is 2. The number of aryl methyl sites for hydroxylation is 1. The fourth-order valence-electron chi connectivity index (χ4n) is 1.94. The van der Waals surface area contributed by atoms with E-state index < -0.39 is 0 Å². The molecule has 70 valence electrons. The maximum Gasteiger partial charge on any atom is 0.0736 e. The van der Waals surface area contributed by atoms with Crippen LogP contribution in [0.4, 0.5) is 0 Å². The smallest absolute Gasteiger partial charge is 0.0736 e. The lowest BCUT2D eigenvalue weighted by atomic mass is 10.1. The lowest BCUT2D eigenvalue weighted by Crippen LogP contribution is -1.91. The van der Waals surface area contributed by atoms with Crippen molar-refractivity contribution in [3.63, 3.8) is 0 Å². The summed E-state index contributed by atoms with van der Waals surface area (Å²) in [5.41, 5.74) is 3.67. The Bertz CT molecular complexity index is 487. The molecule has 0 amide bonds. The number of hydrogen-bond acceptors (Lipinski definition) is 2. The summed E-state index contributed by atoms with van der Waals surface area (Å²) in [6, 6.07) is 4.22. The average Bonchev–Trinajstić information content (AvgIpc) is 3.00. The van der Waals surface area contributed by atoms with Crippen LogP contribution < -0.4 is 0 Å². The summed E-state index contributed by atoms with van der Waals surface area (Å²) < 4.78 is 0. The SMILES string of the molecule is Cc1nc2ccncc2cc1C1CC1. The van der Waals surface area contributed by atoms with Gasteiger partial charge < -0.3 is 0 Å². The van der Waals surface area contributed by atoms with Gasteiger partial charge in [0, 0.05) is 23.5 Å². The Morgan fingerprint density at radius 3 is 3.00 bits per heavy atom. The van der Waals surface area contributed by atoms with Crippen LogP contribution in [0.25, 0.3) is 10.9 Å². The minimum absolute atomic E-state index is 0.770. The van der Waals surface area contributed by atoms with Gasteiger partial charge in [-0.3, -0.25) is 9.97 Å². The zero-order chi connectivity index (χ0) is 9.54. The molecule has 1 fully saturated rings. The molecule has 2 aromatic heterocycles. The van der Waals surface area contributed by atoms with Crippen molar-refractivity contribution in [3.8, 4) is 0 Å². The first-order valence-corrected chi connectivity index (χ1v) is 5.06. The van der Waals surface area contributed by atoms with Gasteiger partial charge in [-0.15, -0.1) is 0 Å². The molecule has 1 aliphatic rings. The van der Waals surface area contributed by atoms with Gasteiger partial charge in [-0.1, -0.05) is 0 Å². The molecule has 0 aromatic carbocycles. The summed E-state index contributed by atoms with van der Waals surface area (Å²) in [5.74, 6) is 0.770. The normalized spacial score (nSPS) is 16.1. The average molecular weight is 184 g/mol. The van der Waals surface area contributed by atoms with Crippen LogP contribution in [0, 0.1) is 6.92 Å². The zero-order valence-electron chi connectivity index (χ0n) is 8.20. The first kappa shape index (κ1) is 7.92. The van der Waals surface area contributed by atoms with Gasteiger partial charge in [0.25, 0.3) is 0 Å². The van der Waals surface area contributed by atoms with Gasteiger partial charge >= 0.3 is 0 Å². The molecular formula is C12H12N2. The highest BCUT2D eigenvalue weighted by molar-refractivity contribution is 5.78. The first-order valence-electron chi connectivity index (χ1n) is 5.06. The molecule has 2 heteroatoms. The molecule has 1 aliphatic carbocycles. The summed E-state index contributed by atoms with van der Waals surface area (Å²) >= 11 is 0. The Labute approximate surface area is 83.0 Å². The van der Waals surface area contributed by atoms with Crippen molar-refractivity contribution in [3.05, 3.63) is 35.8 Å². The van der Waals surface area contributed by atoms with Crippen molar-refractivity contribution < 1.29 is 0 Å². The molecule has 2 nitrogen and oxygen atoms in total. The lowest BCUT2D eigenvalue weighted by Gasteiger charge is -2.05. The standard InChI is InChI=1S/C12H12N2/c1-8-11(9-2-3-9)6-10-7-13-5-4-12(10)14-8/h4-7,9H,2-3H2,1H3. The molecule has 0 N–H and O–H groups in total. The van der Waals surface area contributed by atoms with E-state index in [9.17, 15) is 0 Å². The van der Waals surface area contributed by atoms with E-state index in [-0.39, 0.29) is 0 Å². The Morgan fingerprint density at radius 2 is 2.21 bits per heavy atom. The minimum atomic E-state index is 0.770. The molecule has 0 atom stereocenters. The van der Waals surface area contributed by atoms with Crippen molar-refractivity contribution in [2.24, 2.45) is 0 Å². The van der Waals surface area contributed by atoms with Crippen LogP contribution in [0.15, 0.2) is 24.5 Å². The van der Waals surface area contributed by atoms with Crippen LogP contribution in [0.5, 0.6) is 0 Å². The van der Waals surface area contributed by atoms with E-state index >= 15 is 0 Å². The first-order chi connectivity index (χ1) is 6.84. The van der Waals surface area contributed by atoms with Gasteiger partial charge in [0.2, 0.25) is 0 Å². The van der Waals surface area contributed by atoms with Crippen molar-refractivity contribution >= 4 is 10.9 Å². The topological polar surface area (TPSA) is 25.8 Å². The monoisotopic (exact) mass is 184 g/mol. The fourth-order valence-corrected chi connectivity index (χ4v) is 1.94. The van der Waals surface area contributed by atoms with E-state index in [0.29, 0.717) is 0 Å². The molecule has 3 rings (SSSR count). The summed E-state index contributed by atoms with van der Waals surface area (Å²) in [7, 11) is 0. The quantitative estimate of drug-likeness (QED) is 0.681. The van der Waals surface area contributed by atoms with Crippen LogP contribution in [0.1, 0.15) is 30.0 Å². The van der Waals surface area contributed by atoms with E-state index in [1.807, 2.05) is 12.3 Å². The van der Waals surface area contributed by atoms with Gasteiger partial charge in [0.15, 0.2) is 0 Å². The number of hydrogen-bond donors (Lipinski definition) is 0. The molecule has 0 spiro atoms. The lowest BCUT2D eigenvalue weighted by molar-refractivity contribution is 1.06. The van der Waals surface area contributed by atoms with E-state index in [1.54, 1.807) is 6.20 Å². The van der Waals surface area contributed by atoms with Crippen LogP contribution in [-0.2, 0) is 0 Å². The van der Waals surface area contributed by atoms with Gasteiger partial charge in [0.05, 0.1) is 5.52 Å². The molecule has 14 heavy (non-hydrogen) atoms. The number of nitrogens with zero attached hydrogens (tertiary/aromatic N) is 2. The second-order valence-electron chi connectivity index (χ2n) is 4.01. The summed E-state index contributed by atoms with van der Waals surface area (Å²) in [6.07, 6.45) is 6.35. The Morgan fingerprint density at radius 1 is 1.36 bits per heavy atom. The van der Waals surface area contributed by atoms with Crippen molar-refractivity contribution in [2.75, 3.05) is 0 Å². The predicted octanol–water partition coefficient (Wildman–Crippen LogP) is 2.82. The van der Waals surface area contributed by atoms with E-state index in [4.69, 9.17) is 0 Å². The predicted molar refractivity (Wildman–Crippen MR) is 56.3 cm³/mol. The van der Waals surface area contributed by atoms with Gasteiger partial charge in [0.1, 0.15) is 0 Å². The molecule has 0 bridgehead atoms. The largest absolute Gasteiger partial charge is 0.264 e. The molecule has 0 aliphatic heterocycles. The van der Waals surface area contributed by atoms with Crippen LogP contribution in [-0.4, -0.2) is 9.97 Å². The van der Waals surface area contributed by atoms with Crippen LogP contribution in [0.2, 0.25) is 0 Å². The molecular weight excluding hydrogens is 172 g/mol. The Kier molecular flexibility index (Phi) is 1.57. The Balaban J connectivity index is 2.26. The number of rotatable bonds is 1. The molecule has 1 saturated carbocycles. The molecule has 2 aromatic rings. The second-order valence-corrected chi connectivity index (χ2v) is 4.01. The number of pyridine rings is 2. The van der Waals surface area contributed by atoms with Crippen molar-refractivity contribution in [1.29, 1.82) is 0 Å². The third-order valence-corrected chi connectivity index (χ3v) is 2.86. The highest BCUT2D eigenvalue weighted by atomic mass is 14.7. The van der Waals surface area contributed by atoms with E-state index in [0.717, 1.165) is 11.4 Å². The molecule has 0 radical (unpaired) electrons. The van der Waals surface area contributed by atoms with E-state index in [1.165, 1.54) is 29.5 Å². The third-order valence-electron chi connectivity index (χ3n) is 2.86. The maximum atomic E-state index is 4.60. The molecule has 0 unspecified atom stereocenters. The fraction of sp³-hybridized carbons (Fsp3) is 0.333. The molecule has 2 heterocycles. The van der Waals surface area contributed by atoms with Gasteiger partial charge in [-0.05, 0) is 43.4 Å². The Hall–Kier alpha value is -1.44. The molecule has 0 saturated heterocycles. The number of fused-ring (bicyclic) bond motifs is 1. The highest BCUT2D eigenvalue weighted by Crippen LogP contribution is 2.41. The second kappa shape index (κ2) is 2.77. The zero-order valence-corrected chi connectivity index (χ0v) is 8.20. The van der Waals surface area contributed by atoms with Crippen molar-refractivity contribution in [1.82, 2.24) is 9.97 Å². The summed E-state index contributed by atoms with van der Waals surface area (Å²) in [6.45, 7) is 2.10. The van der Waals surface area contributed by atoms with Crippen LogP contribution in [0.3, 0.4) is 0 Å². The van der Waals surface area contributed by atoms with E-state index in [2.05, 4.69) is 23.0 Å². The van der Waals surface area contributed by atoms with Gasteiger partial charge in [-0.2, -0.15) is 0 Å². The summed E-state index contributed by atoms with van der Waals surface area (Å²) in [5, 5.41) is 1.17. The minimum Gasteiger partial charge on any atom is -0.264 e. The summed E-state index contributed by atoms with van der Waals surface area (Å²) in [4.78, 5) is 8.72. The third kappa shape index (κ3) is 1.18. The highest BCUT2D eigenvalue weighted by Gasteiger charge is 2.25. The van der Waals surface area contributed by atoms with Crippen LogP contribution >= 0.6 is 0 Å². The van der Waals surface area contributed by atoms with Gasteiger partial charge in [-0.25, -0.2) is 0 Å². The maximum absolute atomic E-state index is 4.60.